The molecule has 0 aliphatic heterocycles. The average molecular weight is 249 g/mol. The summed E-state index contributed by atoms with van der Waals surface area (Å²) in [7, 11) is -4.55. The second-order valence-corrected chi connectivity index (χ2v) is 4.33. The maximum absolute atomic E-state index is 12.1. The summed E-state index contributed by atoms with van der Waals surface area (Å²) >= 11 is 0. The zero-order valence-corrected chi connectivity index (χ0v) is 8.81. The van der Waals surface area contributed by atoms with Gasteiger partial charge in [-0.1, -0.05) is 0 Å². The molecular formula is C8H8FNO5S. The summed E-state index contributed by atoms with van der Waals surface area (Å²) in [6.45, 7) is -0.337. The molecule has 1 aromatic carbocycles. The SMILES string of the molecule is O=[N+]([O-])c1ccc(OCCS(=O)(=O)F)cc1. The van der Waals surface area contributed by atoms with Crippen LogP contribution in [0.25, 0.3) is 0 Å². The highest BCUT2D eigenvalue weighted by Crippen LogP contribution is 2.17. The molecule has 0 atom stereocenters. The van der Waals surface area contributed by atoms with E-state index in [-0.39, 0.29) is 18.0 Å². The molecule has 1 aromatic rings. The fraction of sp³-hybridized carbons (Fsp3) is 0.250. The van der Waals surface area contributed by atoms with Crippen molar-refractivity contribution < 1.29 is 22.0 Å². The Morgan fingerprint density at radius 3 is 2.31 bits per heavy atom. The van der Waals surface area contributed by atoms with Gasteiger partial charge >= 0.3 is 10.2 Å². The Labute approximate surface area is 91.0 Å². The van der Waals surface area contributed by atoms with Crippen molar-refractivity contribution in [3.63, 3.8) is 0 Å². The molecule has 0 aliphatic rings. The Morgan fingerprint density at radius 1 is 1.31 bits per heavy atom. The van der Waals surface area contributed by atoms with E-state index in [1.54, 1.807) is 0 Å². The summed E-state index contributed by atoms with van der Waals surface area (Å²) in [5.41, 5.74) is -0.106. The van der Waals surface area contributed by atoms with Crippen LogP contribution in [0.4, 0.5) is 9.57 Å². The van der Waals surface area contributed by atoms with Gasteiger partial charge in [0.1, 0.15) is 18.1 Å². The number of rotatable bonds is 5. The predicted octanol–water partition coefficient (Wildman–Crippen LogP) is 1.27. The number of ether oxygens (including phenoxy) is 1. The van der Waals surface area contributed by atoms with Crippen molar-refractivity contribution in [2.24, 2.45) is 0 Å². The summed E-state index contributed by atoms with van der Waals surface area (Å²) in [5.74, 6) is -0.501. The van der Waals surface area contributed by atoms with Crippen molar-refractivity contribution >= 4 is 15.9 Å². The van der Waals surface area contributed by atoms with Gasteiger partial charge in [0.05, 0.1) is 4.92 Å². The molecule has 0 amide bonds. The highest BCUT2D eigenvalue weighted by molar-refractivity contribution is 7.86. The lowest BCUT2D eigenvalue weighted by Gasteiger charge is -2.03. The number of non-ortho nitro benzene ring substituents is 1. The Hall–Kier alpha value is -1.70. The maximum Gasteiger partial charge on any atom is 0.305 e. The molecule has 0 bridgehead atoms. The summed E-state index contributed by atoms with van der Waals surface area (Å²) in [6.07, 6.45) is 0. The Bertz CT molecular complexity index is 470. The predicted molar refractivity (Wildman–Crippen MR) is 53.5 cm³/mol. The third kappa shape index (κ3) is 4.22. The number of nitrogens with zero attached hydrogens (tertiary/aromatic N) is 1. The van der Waals surface area contributed by atoms with Gasteiger partial charge in [0.2, 0.25) is 0 Å². The highest BCUT2D eigenvalue weighted by atomic mass is 32.3. The molecule has 1 rings (SSSR count). The third-order valence-corrected chi connectivity index (χ3v) is 2.30. The van der Waals surface area contributed by atoms with Crippen LogP contribution < -0.4 is 4.74 Å². The zero-order chi connectivity index (χ0) is 12.2. The number of benzene rings is 1. The Kier molecular flexibility index (Phi) is 3.78. The van der Waals surface area contributed by atoms with Crippen LogP contribution in [-0.2, 0) is 10.2 Å². The topological polar surface area (TPSA) is 86.5 Å². The summed E-state index contributed by atoms with van der Waals surface area (Å²) in [6, 6.07) is 5.03. The summed E-state index contributed by atoms with van der Waals surface area (Å²) < 4.78 is 37.2. The Balaban J connectivity index is 2.53. The lowest BCUT2D eigenvalue weighted by molar-refractivity contribution is -0.384. The molecule has 6 nitrogen and oxygen atoms in total. The van der Waals surface area contributed by atoms with Gasteiger partial charge in [-0.05, 0) is 12.1 Å². The average Bonchev–Trinajstić information content (AvgIpc) is 2.16. The number of hydrogen-bond donors (Lipinski definition) is 0. The molecule has 8 heteroatoms. The summed E-state index contributed by atoms with van der Waals surface area (Å²) in [4.78, 5) is 9.72. The van der Waals surface area contributed by atoms with E-state index in [4.69, 9.17) is 4.74 Å². The molecule has 88 valence electrons. The van der Waals surface area contributed by atoms with Gasteiger partial charge in [-0.3, -0.25) is 10.1 Å². The van der Waals surface area contributed by atoms with Gasteiger partial charge in [0.15, 0.2) is 0 Å². The van der Waals surface area contributed by atoms with Crippen LogP contribution in [0.15, 0.2) is 24.3 Å². The number of halogens is 1. The van der Waals surface area contributed by atoms with E-state index in [9.17, 15) is 22.4 Å². The van der Waals surface area contributed by atoms with Crippen molar-refractivity contribution in [2.45, 2.75) is 0 Å². The van der Waals surface area contributed by atoms with Gasteiger partial charge < -0.3 is 4.74 Å². The van der Waals surface area contributed by atoms with Gasteiger partial charge in [0, 0.05) is 12.1 Å². The molecular weight excluding hydrogens is 241 g/mol. The van der Waals surface area contributed by atoms with Crippen molar-refractivity contribution in [3.8, 4) is 5.75 Å². The molecule has 0 N–H and O–H groups in total. The van der Waals surface area contributed by atoms with E-state index >= 15 is 0 Å². The lowest BCUT2D eigenvalue weighted by Crippen LogP contribution is -2.09. The van der Waals surface area contributed by atoms with E-state index in [0.29, 0.717) is 0 Å². The van der Waals surface area contributed by atoms with Crippen LogP contribution in [0.3, 0.4) is 0 Å². The zero-order valence-electron chi connectivity index (χ0n) is 8.00. The van der Waals surface area contributed by atoms with E-state index < -0.39 is 20.9 Å². The molecule has 16 heavy (non-hydrogen) atoms. The van der Waals surface area contributed by atoms with Gasteiger partial charge in [-0.25, -0.2) is 0 Å². The van der Waals surface area contributed by atoms with Crippen LogP contribution in [0.5, 0.6) is 5.75 Å². The largest absolute Gasteiger partial charge is 0.492 e. The molecule has 0 heterocycles. The first-order valence-electron chi connectivity index (χ1n) is 4.18. The molecule has 0 fully saturated rings. The second-order valence-electron chi connectivity index (χ2n) is 2.84. The molecule has 0 aliphatic carbocycles. The minimum atomic E-state index is -4.55. The highest BCUT2D eigenvalue weighted by Gasteiger charge is 2.08. The van der Waals surface area contributed by atoms with Gasteiger partial charge in [-0.15, -0.1) is 3.89 Å². The van der Waals surface area contributed by atoms with Crippen LogP contribution in [0.1, 0.15) is 0 Å². The van der Waals surface area contributed by atoms with Gasteiger partial charge in [0.25, 0.3) is 5.69 Å². The number of nitro groups is 1. The molecule has 0 unspecified atom stereocenters. The van der Waals surface area contributed by atoms with Crippen LogP contribution >= 0.6 is 0 Å². The van der Waals surface area contributed by atoms with Crippen molar-refractivity contribution in [1.82, 2.24) is 0 Å². The fourth-order valence-electron chi connectivity index (χ4n) is 0.923. The lowest BCUT2D eigenvalue weighted by atomic mass is 10.3. The first kappa shape index (κ1) is 12.4. The minimum absolute atomic E-state index is 0.106. The van der Waals surface area contributed by atoms with E-state index in [1.807, 2.05) is 0 Å². The normalized spacial score (nSPS) is 11.1. The second kappa shape index (κ2) is 4.88. The fourth-order valence-corrected chi connectivity index (χ4v) is 1.21. The van der Waals surface area contributed by atoms with Crippen molar-refractivity contribution in [2.75, 3.05) is 12.4 Å². The smallest absolute Gasteiger partial charge is 0.305 e. The van der Waals surface area contributed by atoms with Crippen molar-refractivity contribution in [1.29, 1.82) is 0 Å². The molecule has 0 spiro atoms. The number of hydrogen-bond acceptors (Lipinski definition) is 5. The van der Waals surface area contributed by atoms with Crippen LogP contribution in [0, 0.1) is 10.1 Å². The van der Waals surface area contributed by atoms with E-state index in [0.717, 1.165) is 0 Å². The first-order chi connectivity index (χ1) is 7.38. The number of nitro benzene ring substituents is 1. The minimum Gasteiger partial charge on any atom is -0.492 e. The maximum atomic E-state index is 12.1. The Morgan fingerprint density at radius 2 is 1.88 bits per heavy atom. The molecule has 0 radical (unpaired) electrons. The summed E-state index contributed by atoms with van der Waals surface area (Å²) in [5, 5.41) is 10.3. The van der Waals surface area contributed by atoms with Crippen LogP contribution in [-0.4, -0.2) is 25.7 Å². The standard InChI is InChI=1S/C8H8FNO5S/c9-16(13,14)6-5-15-8-3-1-7(2-4-8)10(11)12/h1-4H,5-6H2. The van der Waals surface area contributed by atoms with Gasteiger partial charge in [-0.2, -0.15) is 8.42 Å². The van der Waals surface area contributed by atoms with E-state index in [2.05, 4.69) is 0 Å². The molecule has 0 aromatic heterocycles. The van der Waals surface area contributed by atoms with Crippen LogP contribution in [0.2, 0.25) is 0 Å². The third-order valence-electron chi connectivity index (χ3n) is 1.64. The molecule has 0 saturated heterocycles. The van der Waals surface area contributed by atoms with Crippen molar-refractivity contribution in [3.05, 3.63) is 34.4 Å². The van der Waals surface area contributed by atoms with E-state index in [1.165, 1.54) is 24.3 Å². The quantitative estimate of drug-likeness (QED) is 0.445. The first-order valence-corrected chi connectivity index (χ1v) is 5.73. The molecule has 0 saturated carbocycles. The monoisotopic (exact) mass is 249 g/mol.